The molecule has 2 aromatic heterocycles. The van der Waals surface area contributed by atoms with Gasteiger partial charge >= 0.3 is 0 Å². The molecule has 0 radical (unpaired) electrons. The first-order valence-electron chi connectivity index (χ1n) is 9.22. The number of pyridine rings is 1. The highest BCUT2D eigenvalue weighted by Crippen LogP contribution is 2.23. The molecule has 0 aliphatic heterocycles. The van der Waals surface area contributed by atoms with Crippen LogP contribution in [0.25, 0.3) is 11.3 Å². The standard InChI is InChI=1S/C22H23N5O/c1-5-19(21-10-11-24-27(21)4)26-22(28)17-8-6-16(7-9-17)20-12-14(2)18(13-23)15(3)25-20/h6-12,19H,5H2,1-4H3,(H,26,28)/t19-/m1/s1. The van der Waals surface area contributed by atoms with Crippen LogP contribution in [0.15, 0.2) is 42.6 Å². The van der Waals surface area contributed by atoms with Crippen molar-refractivity contribution >= 4 is 5.91 Å². The fourth-order valence-electron chi connectivity index (χ4n) is 3.29. The average Bonchev–Trinajstić information content (AvgIpc) is 3.11. The lowest BCUT2D eigenvalue weighted by Gasteiger charge is -2.17. The van der Waals surface area contributed by atoms with Gasteiger partial charge in [0.1, 0.15) is 6.07 Å². The third kappa shape index (κ3) is 3.79. The topological polar surface area (TPSA) is 83.6 Å². The summed E-state index contributed by atoms with van der Waals surface area (Å²) in [6, 6.07) is 13.3. The molecule has 1 atom stereocenters. The van der Waals surface area contributed by atoms with E-state index in [0.717, 1.165) is 28.9 Å². The molecule has 0 bridgehead atoms. The van der Waals surface area contributed by atoms with Crippen LogP contribution < -0.4 is 5.32 Å². The van der Waals surface area contributed by atoms with E-state index in [0.29, 0.717) is 16.8 Å². The van der Waals surface area contributed by atoms with Gasteiger partial charge in [0.2, 0.25) is 0 Å². The van der Waals surface area contributed by atoms with E-state index in [9.17, 15) is 10.1 Å². The van der Waals surface area contributed by atoms with Gasteiger partial charge in [-0.25, -0.2) is 0 Å². The Bertz CT molecular complexity index is 1020. The average molecular weight is 373 g/mol. The molecule has 0 saturated heterocycles. The summed E-state index contributed by atoms with van der Waals surface area (Å²) in [5.41, 5.74) is 5.48. The Morgan fingerprint density at radius 3 is 2.50 bits per heavy atom. The number of aromatic nitrogens is 3. The summed E-state index contributed by atoms with van der Waals surface area (Å²) >= 11 is 0. The van der Waals surface area contributed by atoms with Crippen molar-refractivity contribution in [1.82, 2.24) is 20.1 Å². The third-order valence-electron chi connectivity index (χ3n) is 4.88. The summed E-state index contributed by atoms with van der Waals surface area (Å²) in [4.78, 5) is 17.2. The fourth-order valence-corrected chi connectivity index (χ4v) is 3.29. The lowest BCUT2D eigenvalue weighted by Crippen LogP contribution is -2.29. The van der Waals surface area contributed by atoms with Gasteiger partial charge in [0.15, 0.2) is 0 Å². The van der Waals surface area contributed by atoms with Gasteiger partial charge in [-0.2, -0.15) is 10.4 Å². The highest BCUT2D eigenvalue weighted by molar-refractivity contribution is 5.94. The molecule has 6 nitrogen and oxygen atoms in total. The van der Waals surface area contributed by atoms with Crippen molar-refractivity contribution in [3.8, 4) is 17.3 Å². The molecule has 0 aliphatic carbocycles. The predicted molar refractivity (Wildman–Crippen MR) is 108 cm³/mol. The zero-order valence-electron chi connectivity index (χ0n) is 16.5. The molecule has 0 aliphatic rings. The van der Waals surface area contributed by atoms with Crippen LogP contribution in [0.4, 0.5) is 0 Å². The Balaban J connectivity index is 1.80. The van der Waals surface area contributed by atoms with E-state index in [2.05, 4.69) is 21.5 Å². The van der Waals surface area contributed by atoms with Crippen LogP contribution in [0.5, 0.6) is 0 Å². The van der Waals surface area contributed by atoms with E-state index in [1.54, 1.807) is 23.0 Å². The van der Waals surface area contributed by atoms with E-state index in [1.807, 2.05) is 52.1 Å². The van der Waals surface area contributed by atoms with Gasteiger partial charge < -0.3 is 5.32 Å². The summed E-state index contributed by atoms with van der Waals surface area (Å²) in [5.74, 6) is -0.125. The number of aryl methyl sites for hydroxylation is 3. The molecule has 3 rings (SSSR count). The largest absolute Gasteiger partial charge is 0.344 e. The number of carbonyl (C=O) groups excluding carboxylic acids is 1. The van der Waals surface area contributed by atoms with E-state index < -0.39 is 0 Å². The number of carbonyl (C=O) groups is 1. The van der Waals surface area contributed by atoms with Crippen molar-refractivity contribution in [1.29, 1.82) is 5.26 Å². The number of benzene rings is 1. The molecule has 0 unspecified atom stereocenters. The van der Waals surface area contributed by atoms with Gasteiger partial charge in [-0.3, -0.25) is 14.5 Å². The Morgan fingerprint density at radius 2 is 1.96 bits per heavy atom. The SMILES string of the molecule is CC[C@@H](NC(=O)c1ccc(-c2cc(C)c(C#N)c(C)n2)cc1)c1ccnn1C. The number of hydrogen-bond acceptors (Lipinski definition) is 4. The van der Waals surface area contributed by atoms with Gasteiger partial charge in [0.05, 0.1) is 28.7 Å². The Hall–Kier alpha value is -3.46. The first kappa shape index (κ1) is 19.3. The number of amides is 1. The lowest BCUT2D eigenvalue weighted by molar-refractivity contribution is 0.0934. The number of rotatable bonds is 5. The maximum atomic E-state index is 12.7. The van der Waals surface area contributed by atoms with Crippen molar-refractivity contribution in [2.24, 2.45) is 7.05 Å². The molecular formula is C22H23N5O. The van der Waals surface area contributed by atoms with Crippen LogP contribution in [0, 0.1) is 25.2 Å². The van der Waals surface area contributed by atoms with Crippen molar-refractivity contribution in [3.63, 3.8) is 0 Å². The Morgan fingerprint density at radius 1 is 1.25 bits per heavy atom. The molecule has 1 amide bonds. The van der Waals surface area contributed by atoms with Gasteiger partial charge in [0.25, 0.3) is 5.91 Å². The molecule has 1 N–H and O–H groups in total. The second-order valence-corrected chi connectivity index (χ2v) is 6.79. The van der Waals surface area contributed by atoms with Crippen molar-refractivity contribution in [2.45, 2.75) is 33.2 Å². The molecule has 2 heterocycles. The molecule has 0 spiro atoms. The van der Waals surface area contributed by atoms with Gasteiger partial charge in [-0.15, -0.1) is 0 Å². The van der Waals surface area contributed by atoms with Crippen molar-refractivity contribution < 1.29 is 4.79 Å². The summed E-state index contributed by atoms with van der Waals surface area (Å²) < 4.78 is 1.78. The number of nitrogens with one attached hydrogen (secondary N) is 1. The first-order chi connectivity index (χ1) is 13.4. The fraction of sp³-hybridized carbons (Fsp3) is 0.273. The second-order valence-electron chi connectivity index (χ2n) is 6.79. The molecule has 0 fully saturated rings. The predicted octanol–water partition coefficient (Wildman–Crippen LogP) is 3.85. The number of nitriles is 1. The Labute approximate surface area is 164 Å². The van der Waals surface area contributed by atoms with Crippen molar-refractivity contribution in [3.05, 3.63) is 70.7 Å². The zero-order valence-corrected chi connectivity index (χ0v) is 16.5. The summed E-state index contributed by atoms with van der Waals surface area (Å²) in [5, 5.41) is 16.4. The highest BCUT2D eigenvalue weighted by atomic mass is 16.1. The van der Waals surface area contributed by atoms with Gasteiger partial charge in [-0.1, -0.05) is 19.1 Å². The Kier molecular flexibility index (Phi) is 5.55. The highest BCUT2D eigenvalue weighted by Gasteiger charge is 2.17. The maximum Gasteiger partial charge on any atom is 0.251 e. The molecular weight excluding hydrogens is 350 g/mol. The van der Waals surface area contributed by atoms with Crippen molar-refractivity contribution in [2.75, 3.05) is 0 Å². The van der Waals surface area contributed by atoms with Crippen LogP contribution in [0.2, 0.25) is 0 Å². The smallest absolute Gasteiger partial charge is 0.251 e. The second kappa shape index (κ2) is 8.05. The number of nitrogens with zero attached hydrogens (tertiary/aromatic N) is 4. The summed E-state index contributed by atoms with van der Waals surface area (Å²) in [7, 11) is 1.87. The quantitative estimate of drug-likeness (QED) is 0.736. The van der Waals surface area contributed by atoms with Gasteiger partial charge in [0, 0.05) is 24.4 Å². The molecule has 3 aromatic rings. The lowest BCUT2D eigenvalue weighted by atomic mass is 10.0. The minimum atomic E-state index is -0.125. The number of hydrogen-bond donors (Lipinski definition) is 1. The summed E-state index contributed by atoms with van der Waals surface area (Å²) in [6.45, 7) is 5.77. The molecule has 0 saturated carbocycles. The van der Waals surface area contributed by atoms with E-state index in [4.69, 9.17) is 0 Å². The first-order valence-corrected chi connectivity index (χ1v) is 9.22. The van der Waals surface area contributed by atoms with E-state index >= 15 is 0 Å². The van der Waals surface area contributed by atoms with Crippen LogP contribution in [-0.4, -0.2) is 20.7 Å². The van der Waals surface area contributed by atoms with E-state index in [1.165, 1.54) is 0 Å². The molecule has 6 heteroatoms. The van der Waals surface area contributed by atoms with Crippen LogP contribution >= 0.6 is 0 Å². The summed E-state index contributed by atoms with van der Waals surface area (Å²) in [6.07, 6.45) is 2.50. The monoisotopic (exact) mass is 373 g/mol. The molecule has 28 heavy (non-hydrogen) atoms. The van der Waals surface area contributed by atoms with E-state index in [-0.39, 0.29) is 11.9 Å². The van der Waals surface area contributed by atoms with Crippen LogP contribution in [0.3, 0.4) is 0 Å². The van der Waals surface area contributed by atoms with Crippen LogP contribution in [-0.2, 0) is 7.05 Å². The third-order valence-corrected chi connectivity index (χ3v) is 4.88. The minimum Gasteiger partial charge on any atom is -0.344 e. The normalized spacial score (nSPS) is 11.7. The maximum absolute atomic E-state index is 12.7. The molecule has 142 valence electrons. The minimum absolute atomic E-state index is 0.0924. The van der Waals surface area contributed by atoms with Crippen LogP contribution in [0.1, 0.15) is 52.3 Å². The zero-order chi connectivity index (χ0) is 20.3. The van der Waals surface area contributed by atoms with Gasteiger partial charge in [-0.05, 0) is 50.1 Å². The molecule has 1 aromatic carbocycles.